The maximum atomic E-state index is 12.5. The molecule has 1 fully saturated rings. The van der Waals surface area contributed by atoms with Crippen LogP contribution in [0.25, 0.3) is 11.1 Å². The van der Waals surface area contributed by atoms with Crippen LogP contribution in [-0.4, -0.2) is 35.7 Å². The SMILES string of the molecule is CCCC(=O)c1ncc(-c2cccc(C3COC3)c2)cc1NC(=O)OC(C)(C)C. The van der Waals surface area contributed by atoms with Gasteiger partial charge in [0.15, 0.2) is 5.78 Å². The Bertz CT molecular complexity index is 898. The summed E-state index contributed by atoms with van der Waals surface area (Å²) in [7, 11) is 0. The number of nitrogens with zero attached hydrogens (tertiary/aromatic N) is 1. The minimum atomic E-state index is -0.637. The van der Waals surface area contributed by atoms with Crippen molar-refractivity contribution in [3.05, 3.63) is 47.8 Å². The summed E-state index contributed by atoms with van der Waals surface area (Å²) in [6.45, 7) is 8.78. The molecule has 0 atom stereocenters. The maximum absolute atomic E-state index is 12.5. The molecule has 0 radical (unpaired) electrons. The minimum Gasteiger partial charge on any atom is -0.444 e. The molecular formula is C23H28N2O4. The van der Waals surface area contributed by atoms with Crippen LogP contribution < -0.4 is 5.32 Å². The predicted molar refractivity (Wildman–Crippen MR) is 112 cm³/mol. The number of benzene rings is 1. The quantitative estimate of drug-likeness (QED) is 0.680. The molecule has 1 N–H and O–H groups in total. The fraction of sp³-hybridized carbons (Fsp3) is 0.435. The van der Waals surface area contributed by atoms with E-state index in [2.05, 4.69) is 22.4 Å². The number of amides is 1. The summed E-state index contributed by atoms with van der Waals surface area (Å²) in [5, 5.41) is 2.71. The molecule has 0 aliphatic carbocycles. The molecule has 1 aromatic carbocycles. The van der Waals surface area contributed by atoms with Crippen molar-refractivity contribution < 1.29 is 19.1 Å². The summed E-state index contributed by atoms with van der Waals surface area (Å²) in [5.74, 6) is 0.304. The highest BCUT2D eigenvalue weighted by atomic mass is 16.6. The number of ether oxygens (including phenoxy) is 2. The predicted octanol–water partition coefficient (Wildman–Crippen LogP) is 5.19. The number of Topliss-reactive ketones (excluding diaryl/α,β-unsaturated/α-hetero) is 1. The van der Waals surface area contributed by atoms with Gasteiger partial charge < -0.3 is 9.47 Å². The van der Waals surface area contributed by atoms with E-state index >= 15 is 0 Å². The number of hydrogen-bond donors (Lipinski definition) is 1. The number of carbonyl (C=O) groups excluding carboxylic acids is 2. The molecule has 2 heterocycles. The first-order valence-corrected chi connectivity index (χ1v) is 9.98. The Balaban J connectivity index is 1.93. The number of pyridine rings is 1. The van der Waals surface area contributed by atoms with E-state index in [0.29, 0.717) is 24.4 Å². The zero-order valence-corrected chi connectivity index (χ0v) is 17.5. The number of anilines is 1. The highest BCUT2D eigenvalue weighted by Crippen LogP contribution is 2.30. The molecule has 0 spiro atoms. The summed E-state index contributed by atoms with van der Waals surface area (Å²) < 4.78 is 10.6. The summed E-state index contributed by atoms with van der Waals surface area (Å²) >= 11 is 0. The largest absolute Gasteiger partial charge is 0.444 e. The Hall–Kier alpha value is -2.73. The summed E-state index contributed by atoms with van der Waals surface area (Å²) in [4.78, 5) is 29.2. The molecule has 6 nitrogen and oxygen atoms in total. The van der Waals surface area contributed by atoms with Gasteiger partial charge in [-0.15, -0.1) is 0 Å². The van der Waals surface area contributed by atoms with Gasteiger partial charge in [-0.1, -0.05) is 31.2 Å². The number of carbonyl (C=O) groups is 2. The molecule has 0 unspecified atom stereocenters. The second kappa shape index (κ2) is 8.74. The number of hydrogen-bond acceptors (Lipinski definition) is 5. The lowest BCUT2D eigenvalue weighted by Crippen LogP contribution is -2.28. The highest BCUT2D eigenvalue weighted by Gasteiger charge is 2.22. The molecule has 0 bridgehead atoms. The third kappa shape index (κ3) is 5.41. The van der Waals surface area contributed by atoms with Gasteiger partial charge in [-0.3, -0.25) is 15.1 Å². The molecule has 1 amide bonds. The molecule has 29 heavy (non-hydrogen) atoms. The van der Waals surface area contributed by atoms with E-state index in [1.807, 2.05) is 19.1 Å². The third-order valence-electron chi connectivity index (χ3n) is 4.59. The van der Waals surface area contributed by atoms with E-state index in [1.165, 1.54) is 5.56 Å². The normalized spacial score (nSPS) is 14.2. The minimum absolute atomic E-state index is 0.106. The van der Waals surface area contributed by atoms with Crippen molar-refractivity contribution in [1.29, 1.82) is 0 Å². The number of rotatable bonds is 6. The first kappa shape index (κ1) is 21.0. The van der Waals surface area contributed by atoms with Gasteiger partial charge in [0, 0.05) is 24.1 Å². The zero-order chi connectivity index (χ0) is 21.0. The van der Waals surface area contributed by atoms with Gasteiger partial charge in [-0.05, 0) is 44.4 Å². The van der Waals surface area contributed by atoms with Crippen molar-refractivity contribution in [3.8, 4) is 11.1 Å². The average Bonchev–Trinajstić information content (AvgIpc) is 2.59. The third-order valence-corrected chi connectivity index (χ3v) is 4.59. The van der Waals surface area contributed by atoms with Crippen LogP contribution in [0.1, 0.15) is 62.5 Å². The smallest absolute Gasteiger partial charge is 0.412 e. The van der Waals surface area contributed by atoms with E-state index in [1.54, 1.807) is 33.0 Å². The van der Waals surface area contributed by atoms with Gasteiger partial charge in [-0.2, -0.15) is 0 Å². The second-order valence-electron chi connectivity index (χ2n) is 8.28. The van der Waals surface area contributed by atoms with Gasteiger partial charge in [0.1, 0.15) is 11.3 Å². The molecule has 2 aromatic rings. The van der Waals surface area contributed by atoms with Crippen LogP contribution in [0.15, 0.2) is 36.5 Å². The lowest BCUT2D eigenvalue weighted by molar-refractivity contribution is 0.00844. The molecule has 1 aliphatic heterocycles. The fourth-order valence-corrected chi connectivity index (χ4v) is 3.10. The second-order valence-corrected chi connectivity index (χ2v) is 8.28. The van der Waals surface area contributed by atoms with Crippen molar-refractivity contribution in [1.82, 2.24) is 4.98 Å². The maximum Gasteiger partial charge on any atom is 0.412 e. The van der Waals surface area contributed by atoms with E-state index in [0.717, 1.165) is 24.3 Å². The van der Waals surface area contributed by atoms with Gasteiger partial charge >= 0.3 is 6.09 Å². The van der Waals surface area contributed by atoms with E-state index < -0.39 is 11.7 Å². The van der Waals surface area contributed by atoms with Crippen LogP contribution >= 0.6 is 0 Å². The monoisotopic (exact) mass is 396 g/mol. The van der Waals surface area contributed by atoms with Crippen molar-refractivity contribution >= 4 is 17.6 Å². The van der Waals surface area contributed by atoms with Crippen LogP contribution in [0.2, 0.25) is 0 Å². The summed E-state index contributed by atoms with van der Waals surface area (Å²) in [5.41, 5.74) is 3.00. The van der Waals surface area contributed by atoms with E-state index in [-0.39, 0.29) is 11.5 Å². The lowest BCUT2D eigenvalue weighted by atomic mass is 9.94. The molecule has 1 aliphatic rings. The number of aromatic nitrogens is 1. The summed E-state index contributed by atoms with van der Waals surface area (Å²) in [6, 6.07) is 9.97. The Kier molecular flexibility index (Phi) is 6.33. The topological polar surface area (TPSA) is 77.5 Å². The first-order chi connectivity index (χ1) is 13.8. The Morgan fingerprint density at radius 1 is 1.21 bits per heavy atom. The highest BCUT2D eigenvalue weighted by molar-refractivity contribution is 6.02. The Morgan fingerprint density at radius 2 is 1.97 bits per heavy atom. The van der Waals surface area contributed by atoms with E-state index in [9.17, 15) is 9.59 Å². The van der Waals surface area contributed by atoms with Crippen LogP contribution in [0, 0.1) is 0 Å². The zero-order valence-electron chi connectivity index (χ0n) is 17.5. The molecule has 3 rings (SSSR count). The van der Waals surface area contributed by atoms with Gasteiger partial charge in [0.2, 0.25) is 0 Å². The molecule has 1 saturated heterocycles. The van der Waals surface area contributed by atoms with Crippen LogP contribution in [0.3, 0.4) is 0 Å². The first-order valence-electron chi connectivity index (χ1n) is 9.98. The van der Waals surface area contributed by atoms with Crippen molar-refractivity contribution in [2.24, 2.45) is 0 Å². The van der Waals surface area contributed by atoms with Gasteiger partial charge in [-0.25, -0.2) is 4.79 Å². The standard InChI is InChI=1S/C23H28N2O4/c1-5-7-20(26)21-19(25-22(27)29-23(2,3)4)11-17(12-24-21)15-8-6-9-16(10-15)18-13-28-14-18/h6,8-12,18H,5,7,13-14H2,1-4H3,(H,25,27). The van der Waals surface area contributed by atoms with Crippen molar-refractivity contribution in [2.75, 3.05) is 18.5 Å². The van der Waals surface area contributed by atoms with Crippen LogP contribution in [0.4, 0.5) is 10.5 Å². The lowest BCUT2D eigenvalue weighted by Gasteiger charge is -2.26. The molecule has 0 saturated carbocycles. The van der Waals surface area contributed by atoms with E-state index in [4.69, 9.17) is 9.47 Å². The molecule has 1 aromatic heterocycles. The van der Waals surface area contributed by atoms with Crippen LogP contribution in [0.5, 0.6) is 0 Å². The van der Waals surface area contributed by atoms with Crippen LogP contribution in [-0.2, 0) is 9.47 Å². The molecular weight excluding hydrogens is 368 g/mol. The molecule has 154 valence electrons. The van der Waals surface area contributed by atoms with Gasteiger partial charge in [0.05, 0.1) is 18.9 Å². The Labute approximate surface area is 171 Å². The molecule has 6 heteroatoms. The number of nitrogens with one attached hydrogen (secondary N) is 1. The van der Waals surface area contributed by atoms with Gasteiger partial charge in [0.25, 0.3) is 0 Å². The average molecular weight is 396 g/mol. The van der Waals surface area contributed by atoms with Crippen molar-refractivity contribution in [3.63, 3.8) is 0 Å². The fourth-order valence-electron chi connectivity index (χ4n) is 3.10. The Morgan fingerprint density at radius 3 is 2.59 bits per heavy atom. The van der Waals surface area contributed by atoms with Crippen molar-refractivity contribution in [2.45, 2.75) is 52.1 Å². The summed E-state index contributed by atoms with van der Waals surface area (Å²) in [6.07, 6.45) is 2.15. The number of ketones is 1.